The molecule has 0 aliphatic heterocycles. The number of benzene rings is 1. The summed E-state index contributed by atoms with van der Waals surface area (Å²) in [6.07, 6.45) is 9.22. The van der Waals surface area contributed by atoms with E-state index in [1.807, 2.05) is 20.8 Å². The van der Waals surface area contributed by atoms with Crippen molar-refractivity contribution < 1.29 is 29.3 Å². The van der Waals surface area contributed by atoms with Gasteiger partial charge >= 0.3 is 11.9 Å². The molecular formula is C30H48O6. The third-order valence-electron chi connectivity index (χ3n) is 7.10. The monoisotopic (exact) mass is 504 g/mol. The highest BCUT2D eigenvalue weighted by Crippen LogP contribution is 2.35. The zero-order chi connectivity index (χ0) is 27.4. The number of carbonyl (C=O) groups is 2. The number of aryl methyl sites for hydroxylation is 1. The molecule has 36 heavy (non-hydrogen) atoms. The molecule has 0 spiro atoms. The van der Waals surface area contributed by atoms with Crippen LogP contribution in [0.1, 0.15) is 102 Å². The van der Waals surface area contributed by atoms with Gasteiger partial charge in [-0.15, -0.1) is 0 Å². The Morgan fingerprint density at radius 1 is 0.806 bits per heavy atom. The summed E-state index contributed by atoms with van der Waals surface area (Å²) in [6.45, 7) is 14.7. The molecule has 0 unspecified atom stereocenters. The summed E-state index contributed by atoms with van der Waals surface area (Å²) in [6, 6.07) is 1.77. The molecule has 6 nitrogen and oxygen atoms in total. The summed E-state index contributed by atoms with van der Waals surface area (Å²) in [5, 5.41) is 19.2. The Morgan fingerprint density at radius 3 is 1.78 bits per heavy atom. The van der Waals surface area contributed by atoms with Crippen molar-refractivity contribution in [1.82, 2.24) is 0 Å². The predicted molar refractivity (Wildman–Crippen MR) is 145 cm³/mol. The van der Waals surface area contributed by atoms with E-state index in [2.05, 4.69) is 27.7 Å². The van der Waals surface area contributed by atoms with Crippen LogP contribution in [0.2, 0.25) is 0 Å². The lowest BCUT2D eigenvalue weighted by Crippen LogP contribution is -2.17. The van der Waals surface area contributed by atoms with E-state index in [9.17, 15) is 19.8 Å². The molecule has 0 aromatic heterocycles. The van der Waals surface area contributed by atoms with Crippen LogP contribution in [0, 0.1) is 38.5 Å². The van der Waals surface area contributed by atoms with Crippen LogP contribution in [0.15, 0.2) is 17.4 Å². The average Bonchev–Trinajstić information content (AvgIpc) is 2.76. The molecule has 0 aliphatic rings. The molecule has 1 aromatic rings. The molecule has 2 atom stereocenters. The first-order valence-electron chi connectivity index (χ1n) is 13.4. The predicted octanol–water partition coefficient (Wildman–Crippen LogP) is 7.86. The molecule has 0 saturated heterocycles. The highest BCUT2D eigenvalue weighted by Gasteiger charge is 2.25. The largest absolute Gasteiger partial charge is 0.496 e. The molecule has 0 bridgehead atoms. The molecule has 1 aromatic carbocycles. The Hall–Kier alpha value is -2.50. The third kappa shape index (κ3) is 10.2. The van der Waals surface area contributed by atoms with Crippen molar-refractivity contribution in [3.05, 3.63) is 34.1 Å². The molecule has 1 rings (SSSR count). The van der Waals surface area contributed by atoms with E-state index < -0.39 is 17.5 Å². The smallest absolute Gasteiger partial charge is 0.346 e. The van der Waals surface area contributed by atoms with E-state index >= 15 is 0 Å². The Labute approximate surface area is 218 Å². The van der Waals surface area contributed by atoms with Crippen molar-refractivity contribution >= 4 is 11.9 Å². The van der Waals surface area contributed by atoms with Crippen LogP contribution in [-0.4, -0.2) is 29.3 Å². The van der Waals surface area contributed by atoms with Gasteiger partial charge in [-0.05, 0) is 67.7 Å². The van der Waals surface area contributed by atoms with Crippen molar-refractivity contribution in [3.63, 3.8) is 0 Å². The van der Waals surface area contributed by atoms with Crippen molar-refractivity contribution in [2.45, 2.75) is 106 Å². The second-order valence-corrected chi connectivity index (χ2v) is 10.8. The molecule has 204 valence electrons. The minimum absolute atomic E-state index is 0.00644. The van der Waals surface area contributed by atoms with Gasteiger partial charge in [-0.3, -0.25) is 0 Å². The standard InChI is InChI=1S/C30H48O6/c1-19(2)12-9-13-20(3)14-10-15-21(4)16-11-17-25(27(29(31)32)30(33)34)36-26-18-22(5)28(35-8)24(7)23(26)6/h18-21H,9-17H2,1-8H3,(H,31,32)(H,33,34)/t20-,21-/m1/s1. The fourth-order valence-corrected chi connectivity index (χ4v) is 4.72. The number of carboxylic acid groups (broad SMARTS) is 2. The van der Waals surface area contributed by atoms with Gasteiger partial charge in [0, 0.05) is 6.42 Å². The zero-order valence-electron chi connectivity index (χ0n) is 23.7. The molecule has 0 radical (unpaired) electrons. The van der Waals surface area contributed by atoms with E-state index in [0.29, 0.717) is 18.1 Å². The Bertz CT molecular complexity index is 883. The fraction of sp³-hybridized carbons (Fsp3) is 0.667. The highest BCUT2D eigenvalue weighted by atomic mass is 16.5. The topological polar surface area (TPSA) is 93.1 Å². The third-order valence-corrected chi connectivity index (χ3v) is 7.10. The van der Waals surface area contributed by atoms with Crippen molar-refractivity contribution in [1.29, 1.82) is 0 Å². The first-order valence-corrected chi connectivity index (χ1v) is 13.4. The van der Waals surface area contributed by atoms with Gasteiger partial charge in [-0.2, -0.15) is 0 Å². The second-order valence-electron chi connectivity index (χ2n) is 10.8. The molecule has 0 saturated carbocycles. The number of rotatable bonds is 17. The van der Waals surface area contributed by atoms with E-state index in [1.165, 1.54) is 32.1 Å². The van der Waals surface area contributed by atoms with Gasteiger partial charge in [-0.1, -0.05) is 72.6 Å². The summed E-state index contributed by atoms with van der Waals surface area (Å²) in [7, 11) is 1.60. The summed E-state index contributed by atoms with van der Waals surface area (Å²) < 4.78 is 11.5. The van der Waals surface area contributed by atoms with Gasteiger partial charge in [0.05, 0.1) is 7.11 Å². The normalized spacial score (nSPS) is 12.8. The number of aliphatic carboxylic acids is 2. The SMILES string of the molecule is COc1c(C)cc(OC(CCC[C@H](C)CCC[C@H](C)CCCC(C)C)=C(C(=O)O)C(=O)O)c(C)c1C. The van der Waals surface area contributed by atoms with Crippen LogP contribution < -0.4 is 9.47 Å². The number of methoxy groups -OCH3 is 1. The van der Waals surface area contributed by atoms with Crippen molar-refractivity contribution in [2.75, 3.05) is 7.11 Å². The van der Waals surface area contributed by atoms with Crippen molar-refractivity contribution in [2.24, 2.45) is 17.8 Å². The first kappa shape index (κ1) is 31.5. The summed E-state index contributed by atoms with van der Waals surface area (Å²) in [5.41, 5.74) is 1.81. The van der Waals surface area contributed by atoms with Crippen LogP contribution in [-0.2, 0) is 9.59 Å². The fourth-order valence-electron chi connectivity index (χ4n) is 4.72. The van der Waals surface area contributed by atoms with Gasteiger partial charge in [-0.25, -0.2) is 9.59 Å². The maximum Gasteiger partial charge on any atom is 0.346 e. The molecule has 2 N–H and O–H groups in total. The Balaban J connectivity index is 2.81. The molecular weight excluding hydrogens is 456 g/mol. The van der Waals surface area contributed by atoms with Gasteiger partial charge in [0.15, 0.2) is 5.57 Å². The molecule has 0 amide bonds. The average molecular weight is 505 g/mol. The molecule has 0 fully saturated rings. The summed E-state index contributed by atoms with van der Waals surface area (Å²) >= 11 is 0. The Kier molecular flexibility index (Phi) is 13.6. The first-order chi connectivity index (χ1) is 16.9. The van der Waals surface area contributed by atoms with E-state index in [-0.39, 0.29) is 12.2 Å². The van der Waals surface area contributed by atoms with Gasteiger partial charge in [0.1, 0.15) is 17.3 Å². The summed E-state index contributed by atoms with van der Waals surface area (Å²) in [5.74, 6) is 0.211. The molecule has 6 heteroatoms. The van der Waals surface area contributed by atoms with Gasteiger partial charge in [0.25, 0.3) is 0 Å². The lowest BCUT2D eigenvalue weighted by atomic mass is 9.92. The lowest BCUT2D eigenvalue weighted by molar-refractivity contribution is -0.140. The minimum atomic E-state index is -1.49. The van der Waals surface area contributed by atoms with Crippen LogP contribution in [0.3, 0.4) is 0 Å². The molecule has 0 aliphatic carbocycles. The van der Waals surface area contributed by atoms with E-state index in [4.69, 9.17) is 9.47 Å². The van der Waals surface area contributed by atoms with E-state index in [0.717, 1.165) is 47.1 Å². The van der Waals surface area contributed by atoms with Crippen LogP contribution in [0.4, 0.5) is 0 Å². The maximum atomic E-state index is 11.8. The highest BCUT2D eigenvalue weighted by molar-refractivity contribution is 6.12. The lowest BCUT2D eigenvalue weighted by Gasteiger charge is -2.19. The van der Waals surface area contributed by atoms with Crippen LogP contribution in [0.25, 0.3) is 0 Å². The van der Waals surface area contributed by atoms with Crippen LogP contribution >= 0.6 is 0 Å². The number of hydrogen-bond donors (Lipinski definition) is 2. The summed E-state index contributed by atoms with van der Waals surface area (Å²) in [4.78, 5) is 23.5. The zero-order valence-corrected chi connectivity index (χ0v) is 23.7. The number of allylic oxidation sites excluding steroid dienone is 1. The Morgan fingerprint density at radius 2 is 1.31 bits per heavy atom. The quantitative estimate of drug-likeness (QED) is 0.0970. The van der Waals surface area contributed by atoms with Crippen molar-refractivity contribution in [3.8, 4) is 11.5 Å². The van der Waals surface area contributed by atoms with Gasteiger partial charge < -0.3 is 19.7 Å². The molecule has 0 heterocycles. The van der Waals surface area contributed by atoms with E-state index in [1.54, 1.807) is 13.2 Å². The minimum Gasteiger partial charge on any atom is -0.496 e. The van der Waals surface area contributed by atoms with Crippen LogP contribution in [0.5, 0.6) is 11.5 Å². The second kappa shape index (κ2) is 15.6. The number of hydrogen-bond acceptors (Lipinski definition) is 4. The number of carboxylic acids is 2. The van der Waals surface area contributed by atoms with Gasteiger partial charge in [0.2, 0.25) is 0 Å². The maximum absolute atomic E-state index is 11.8. The number of ether oxygens (including phenoxy) is 2.